The Hall–Kier alpha value is -2.90. The maximum atomic E-state index is 13.0. The molecule has 26 heavy (non-hydrogen) atoms. The van der Waals surface area contributed by atoms with Gasteiger partial charge in [-0.1, -0.05) is 17.3 Å². The van der Waals surface area contributed by atoms with E-state index in [1.54, 1.807) is 16.5 Å². The number of aryl methyl sites for hydroxylation is 1. The van der Waals surface area contributed by atoms with Crippen molar-refractivity contribution in [3.05, 3.63) is 46.3 Å². The smallest absolute Gasteiger partial charge is 0.345 e. The zero-order valence-corrected chi connectivity index (χ0v) is 14.9. The Bertz CT molecular complexity index is 1020. The summed E-state index contributed by atoms with van der Waals surface area (Å²) in [6, 6.07) is 7.39. The molecule has 8 heteroatoms. The first-order valence-corrected chi connectivity index (χ1v) is 8.87. The lowest BCUT2D eigenvalue weighted by Gasteiger charge is -2.31. The second-order valence-corrected chi connectivity index (χ2v) is 6.63. The second-order valence-electron chi connectivity index (χ2n) is 6.63. The van der Waals surface area contributed by atoms with E-state index >= 15 is 0 Å². The van der Waals surface area contributed by atoms with E-state index in [1.165, 1.54) is 4.68 Å². The van der Waals surface area contributed by atoms with E-state index in [2.05, 4.69) is 10.3 Å². The lowest BCUT2D eigenvalue weighted by molar-refractivity contribution is 0.0664. The number of nitrogens with zero attached hydrogens (tertiary/aromatic N) is 5. The van der Waals surface area contributed by atoms with Crippen molar-refractivity contribution in [1.29, 1.82) is 0 Å². The van der Waals surface area contributed by atoms with Crippen LogP contribution in [0.25, 0.3) is 10.9 Å². The van der Waals surface area contributed by atoms with Gasteiger partial charge in [0.05, 0.1) is 5.39 Å². The molecule has 1 atom stereocenters. The number of hydrogen-bond acceptors (Lipinski definition) is 5. The lowest BCUT2D eigenvalue weighted by Crippen LogP contribution is -2.40. The van der Waals surface area contributed by atoms with Crippen LogP contribution in [-0.2, 0) is 13.6 Å². The van der Waals surface area contributed by atoms with Gasteiger partial charge in [0, 0.05) is 32.6 Å². The van der Waals surface area contributed by atoms with Crippen molar-refractivity contribution >= 4 is 16.8 Å². The highest BCUT2D eigenvalue weighted by molar-refractivity contribution is 6.03. The molecule has 0 radical (unpaired) electrons. The van der Waals surface area contributed by atoms with Gasteiger partial charge in [-0.05, 0) is 31.9 Å². The Morgan fingerprint density at radius 2 is 2.15 bits per heavy atom. The SMILES string of the molecule is CCn1c([C@H]2CCCN(C(=O)c3onc4ccccc34)C2)nn(C)c1=O. The quantitative estimate of drug-likeness (QED) is 0.715. The molecule has 1 saturated heterocycles. The van der Waals surface area contributed by atoms with Crippen LogP contribution >= 0.6 is 0 Å². The zero-order valence-electron chi connectivity index (χ0n) is 14.9. The van der Waals surface area contributed by atoms with Crippen molar-refractivity contribution in [2.24, 2.45) is 7.05 Å². The molecule has 0 spiro atoms. The van der Waals surface area contributed by atoms with Gasteiger partial charge in [0.2, 0.25) is 5.76 Å². The molecule has 1 aromatic carbocycles. The summed E-state index contributed by atoms with van der Waals surface area (Å²) in [6.45, 7) is 3.68. The molecule has 0 N–H and O–H groups in total. The predicted molar refractivity (Wildman–Crippen MR) is 95.0 cm³/mol. The Morgan fingerprint density at radius 1 is 1.35 bits per heavy atom. The van der Waals surface area contributed by atoms with Crippen LogP contribution in [0.4, 0.5) is 0 Å². The molecule has 0 saturated carbocycles. The van der Waals surface area contributed by atoms with E-state index in [9.17, 15) is 9.59 Å². The normalized spacial score (nSPS) is 17.8. The summed E-state index contributed by atoms with van der Waals surface area (Å²) >= 11 is 0. The molecule has 1 aliphatic heterocycles. The van der Waals surface area contributed by atoms with Gasteiger partial charge in [0.25, 0.3) is 5.91 Å². The fraction of sp³-hybridized carbons (Fsp3) is 0.444. The minimum absolute atomic E-state index is 0.0377. The van der Waals surface area contributed by atoms with Gasteiger partial charge in [-0.15, -0.1) is 0 Å². The van der Waals surface area contributed by atoms with Crippen molar-refractivity contribution in [2.45, 2.75) is 32.2 Å². The van der Waals surface area contributed by atoms with Crippen LogP contribution in [0.1, 0.15) is 42.1 Å². The van der Waals surface area contributed by atoms with Gasteiger partial charge in [0.1, 0.15) is 11.3 Å². The molecule has 136 valence electrons. The molecule has 0 unspecified atom stereocenters. The maximum absolute atomic E-state index is 13.0. The molecular weight excluding hydrogens is 334 g/mol. The third-order valence-corrected chi connectivity index (χ3v) is 5.00. The number of fused-ring (bicyclic) bond motifs is 1. The van der Waals surface area contributed by atoms with Crippen LogP contribution in [0.15, 0.2) is 33.6 Å². The molecule has 0 bridgehead atoms. The van der Waals surface area contributed by atoms with Crippen LogP contribution in [0, 0.1) is 0 Å². The highest BCUT2D eigenvalue weighted by atomic mass is 16.5. The minimum Gasteiger partial charge on any atom is -0.350 e. The number of rotatable bonds is 3. The Labute approximate surface area is 150 Å². The van der Waals surface area contributed by atoms with E-state index in [0.29, 0.717) is 25.2 Å². The maximum Gasteiger partial charge on any atom is 0.345 e. The zero-order chi connectivity index (χ0) is 18.3. The summed E-state index contributed by atoms with van der Waals surface area (Å²) in [5.74, 6) is 0.899. The van der Waals surface area contributed by atoms with Crippen molar-refractivity contribution in [1.82, 2.24) is 24.4 Å². The van der Waals surface area contributed by atoms with Crippen LogP contribution in [0.2, 0.25) is 0 Å². The van der Waals surface area contributed by atoms with Crippen LogP contribution < -0.4 is 5.69 Å². The number of carbonyl (C=O) groups excluding carboxylic acids is 1. The number of hydrogen-bond donors (Lipinski definition) is 0. The molecule has 1 fully saturated rings. The standard InChI is InChI=1S/C18H21N5O3/c1-3-23-16(19-21(2)18(23)25)12-7-6-10-22(11-12)17(24)15-13-8-4-5-9-14(13)20-26-15/h4-5,8-9,12H,3,6-7,10-11H2,1-2H3/t12-/m0/s1. The number of carbonyl (C=O) groups is 1. The van der Waals surface area contributed by atoms with E-state index in [-0.39, 0.29) is 23.3 Å². The van der Waals surface area contributed by atoms with Crippen LogP contribution in [0.3, 0.4) is 0 Å². The monoisotopic (exact) mass is 355 g/mol. The van der Waals surface area contributed by atoms with E-state index in [4.69, 9.17) is 4.52 Å². The summed E-state index contributed by atoms with van der Waals surface area (Å²) in [5, 5.41) is 9.10. The number of piperidine rings is 1. The molecule has 3 heterocycles. The van der Waals surface area contributed by atoms with E-state index in [1.807, 2.05) is 31.2 Å². The molecule has 4 rings (SSSR count). The summed E-state index contributed by atoms with van der Waals surface area (Å²) in [7, 11) is 1.66. The van der Waals surface area contributed by atoms with E-state index in [0.717, 1.165) is 24.1 Å². The van der Waals surface area contributed by atoms with Gasteiger partial charge >= 0.3 is 5.69 Å². The fourth-order valence-corrected chi connectivity index (χ4v) is 3.68. The topological polar surface area (TPSA) is 86.2 Å². The molecule has 2 aromatic heterocycles. The van der Waals surface area contributed by atoms with E-state index < -0.39 is 0 Å². The molecular formula is C18H21N5O3. The van der Waals surface area contributed by atoms with Gasteiger partial charge in [-0.3, -0.25) is 9.36 Å². The Kier molecular flexibility index (Phi) is 4.10. The number of amides is 1. The van der Waals surface area contributed by atoms with Gasteiger partial charge in [0.15, 0.2) is 0 Å². The van der Waals surface area contributed by atoms with Gasteiger partial charge in [-0.2, -0.15) is 5.10 Å². The minimum atomic E-state index is -0.162. The summed E-state index contributed by atoms with van der Waals surface area (Å²) in [6.07, 6.45) is 1.76. The third-order valence-electron chi connectivity index (χ3n) is 5.00. The van der Waals surface area contributed by atoms with Gasteiger partial charge < -0.3 is 9.42 Å². The highest BCUT2D eigenvalue weighted by Gasteiger charge is 2.31. The van der Waals surface area contributed by atoms with Crippen molar-refractivity contribution < 1.29 is 9.32 Å². The Balaban J connectivity index is 1.62. The first-order chi connectivity index (χ1) is 12.6. The molecule has 1 amide bonds. The summed E-state index contributed by atoms with van der Waals surface area (Å²) in [4.78, 5) is 26.9. The molecule has 1 aliphatic rings. The molecule has 0 aliphatic carbocycles. The van der Waals surface area contributed by atoms with Crippen molar-refractivity contribution in [3.8, 4) is 0 Å². The first-order valence-electron chi connectivity index (χ1n) is 8.87. The lowest BCUT2D eigenvalue weighted by atomic mass is 9.96. The highest BCUT2D eigenvalue weighted by Crippen LogP contribution is 2.27. The van der Waals surface area contributed by atoms with Crippen molar-refractivity contribution in [2.75, 3.05) is 13.1 Å². The number of likely N-dealkylation sites (tertiary alicyclic amines) is 1. The van der Waals surface area contributed by atoms with Crippen LogP contribution in [0.5, 0.6) is 0 Å². The predicted octanol–water partition coefficient (Wildman–Crippen LogP) is 1.76. The fourth-order valence-electron chi connectivity index (χ4n) is 3.68. The molecule has 3 aromatic rings. The summed E-state index contributed by atoms with van der Waals surface area (Å²) in [5.41, 5.74) is 0.557. The van der Waals surface area contributed by atoms with Crippen molar-refractivity contribution in [3.63, 3.8) is 0 Å². The number of aromatic nitrogens is 4. The average Bonchev–Trinajstić information content (AvgIpc) is 3.22. The number of benzene rings is 1. The average molecular weight is 355 g/mol. The summed E-state index contributed by atoms with van der Waals surface area (Å²) < 4.78 is 8.37. The second kappa shape index (κ2) is 6.44. The van der Waals surface area contributed by atoms with Gasteiger partial charge in [-0.25, -0.2) is 9.48 Å². The van der Waals surface area contributed by atoms with Crippen LogP contribution in [-0.4, -0.2) is 43.4 Å². The largest absolute Gasteiger partial charge is 0.350 e. The first kappa shape index (κ1) is 16.6. The Morgan fingerprint density at radius 3 is 2.96 bits per heavy atom. The molecule has 8 nitrogen and oxygen atoms in total. The third kappa shape index (κ3) is 2.61.